The van der Waals surface area contributed by atoms with E-state index in [0.717, 1.165) is 44.9 Å². The summed E-state index contributed by atoms with van der Waals surface area (Å²) in [6.07, 6.45) is 0.972. The molecular weight excluding hydrogens is 312 g/mol. The van der Waals surface area contributed by atoms with Crippen LogP contribution in [0.4, 0.5) is 0 Å². The Kier molecular flexibility index (Phi) is 7.02. The van der Waals surface area contributed by atoms with Crippen molar-refractivity contribution in [2.45, 2.75) is 37.7 Å². The predicted octanol–water partition coefficient (Wildman–Crippen LogP) is 2.20. The van der Waals surface area contributed by atoms with Crippen molar-refractivity contribution in [2.24, 2.45) is 0 Å². The van der Waals surface area contributed by atoms with Crippen LogP contribution in [0.2, 0.25) is 0 Å². The van der Waals surface area contributed by atoms with Gasteiger partial charge in [-0.1, -0.05) is 0 Å². The number of hydrogen-bond donors (Lipinski definition) is 1. The molecular formula is C17H28N2O3S. The maximum atomic E-state index is 11.8. The summed E-state index contributed by atoms with van der Waals surface area (Å²) in [5, 5.41) is 3.37. The molecule has 1 N–H and O–H groups in total. The van der Waals surface area contributed by atoms with Crippen molar-refractivity contribution in [3.8, 4) is 5.75 Å². The molecule has 1 saturated heterocycles. The summed E-state index contributed by atoms with van der Waals surface area (Å²) in [5.74, 6) is 0.799. The van der Waals surface area contributed by atoms with Gasteiger partial charge in [0.1, 0.15) is 11.4 Å². The highest BCUT2D eigenvalue weighted by atomic mass is 32.2. The van der Waals surface area contributed by atoms with E-state index < -0.39 is 11.1 Å². The van der Waals surface area contributed by atoms with Crippen LogP contribution >= 0.6 is 0 Å². The molecule has 1 aliphatic rings. The van der Waals surface area contributed by atoms with E-state index >= 15 is 0 Å². The topological polar surface area (TPSA) is 50.8 Å². The first-order valence-electron chi connectivity index (χ1n) is 8.27. The zero-order valence-corrected chi connectivity index (χ0v) is 15.2. The van der Waals surface area contributed by atoms with Crippen LogP contribution in [0.15, 0.2) is 29.2 Å². The molecule has 1 heterocycles. The lowest BCUT2D eigenvalue weighted by molar-refractivity contribution is 0.0808. The first kappa shape index (κ1) is 18.4. The third-order valence-corrected chi connectivity index (χ3v) is 4.98. The van der Waals surface area contributed by atoms with Crippen LogP contribution in [-0.4, -0.2) is 54.0 Å². The Bertz CT molecular complexity index is 499. The van der Waals surface area contributed by atoms with Gasteiger partial charge in [0, 0.05) is 32.7 Å². The maximum Gasteiger partial charge on any atom is 0.189 e. The van der Waals surface area contributed by atoms with Crippen molar-refractivity contribution in [1.82, 2.24) is 10.2 Å². The minimum Gasteiger partial charge on any atom is -0.488 e. The van der Waals surface area contributed by atoms with Crippen LogP contribution in [0.25, 0.3) is 0 Å². The van der Waals surface area contributed by atoms with E-state index in [0.29, 0.717) is 11.5 Å². The molecule has 6 heteroatoms. The molecule has 0 amide bonds. The first-order chi connectivity index (χ1) is 11.0. The Balaban J connectivity index is 1.85. The Hall–Kier alpha value is -0.950. The number of benzene rings is 1. The molecule has 0 spiro atoms. The molecule has 0 bridgehead atoms. The Labute approximate surface area is 142 Å². The average Bonchev–Trinajstić information content (AvgIpc) is 2.55. The molecule has 0 saturated carbocycles. The fraction of sp³-hybridized carbons (Fsp3) is 0.647. The number of piperazine rings is 1. The smallest absolute Gasteiger partial charge is 0.189 e. The lowest BCUT2D eigenvalue weighted by atomic mass is 10.0. The van der Waals surface area contributed by atoms with Gasteiger partial charge in [0.15, 0.2) is 11.1 Å². The molecule has 1 fully saturated rings. The fourth-order valence-electron chi connectivity index (χ4n) is 2.53. The summed E-state index contributed by atoms with van der Waals surface area (Å²) in [5.41, 5.74) is -0.231. The van der Waals surface area contributed by atoms with Crippen molar-refractivity contribution >= 4 is 11.1 Å². The van der Waals surface area contributed by atoms with Gasteiger partial charge in [-0.15, -0.1) is 0 Å². The van der Waals surface area contributed by atoms with Crippen molar-refractivity contribution < 1.29 is 13.1 Å². The fourth-order valence-corrected chi connectivity index (χ4v) is 3.23. The van der Waals surface area contributed by atoms with Gasteiger partial charge in [-0.2, -0.15) is 0 Å². The molecule has 1 unspecified atom stereocenters. The van der Waals surface area contributed by atoms with E-state index in [1.807, 2.05) is 19.1 Å². The average molecular weight is 340 g/mol. The normalized spacial score (nSPS) is 17.9. The maximum absolute atomic E-state index is 11.8. The van der Waals surface area contributed by atoms with Gasteiger partial charge in [0.2, 0.25) is 0 Å². The van der Waals surface area contributed by atoms with Gasteiger partial charge in [-0.25, -0.2) is 4.21 Å². The second-order valence-corrected chi connectivity index (χ2v) is 7.49. The highest BCUT2D eigenvalue weighted by Crippen LogP contribution is 2.23. The molecule has 1 atom stereocenters. The third kappa shape index (κ3) is 6.22. The van der Waals surface area contributed by atoms with Crippen LogP contribution in [0, 0.1) is 0 Å². The number of rotatable bonds is 8. The van der Waals surface area contributed by atoms with E-state index in [9.17, 15) is 4.21 Å². The van der Waals surface area contributed by atoms with Crippen molar-refractivity contribution in [3.05, 3.63) is 24.3 Å². The van der Waals surface area contributed by atoms with Crippen LogP contribution in [0.1, 0.15) is 27.2 Å². The summed E-state index contributed by atoms with van der Waals surface area (Å²) in [7, 11) is 0. The van der Waals surface area contributed by atoms with Crippen LogP contribution in [0.3, 0.4) is 0 Å². The third-order valence-electron chi connectivity index (χ3n) is 3.87. The monoisotopic (exact) mass is 340 g/mol. The minimum absolute atomic E-state index is 0.231. The summed E-state index contributed by atoms with van der Waals surface area (Å²) in [6.45, 7) is 11.9. The molecule has 5 nitrogen and oxygen atoms in total. The Morgan fingerprint density at radius 3 is 2.48 bits per heavy atom. The van der Waals surface area contributed by atoms with Crippen molar-refractivity contribution in [3.63, 3.8) is 0 Å². The molecule has 1 aromatic carbocycles. The van der Waals surface area contributed by atoms with E-state index in [-0.39, 0.29) is 5.60 Å². The molecule has 23 heavy (non-hydrogen) atoms. The predicted molar refractivity (Wildman–Crippen MR) is 93.1 cm³/mol. The SMILES string of the molecule is CCOS(=O)c1ccc(OC(C)(C)CCN2CCNCC2)cc1. The van der Waals surface area contributed by atoms with Gasteiger partial charge in [-0.05, 0) is 51.5 Å². The second kappa shape index (κ2) is 8.78. The molecule has 0 aliphatic carbocycles. The molecule has 1 aliphatic heterocycles. The molecule has 1 aromatic rings. The quantitative estimate of drug-likeness (QED) is 0.786. The van der Waals surface area contributed by atoms with Crippen molar-refractivity contribution in [2.75, 3.05) is 39.3 Å². The van der Waals surface area contributed by atoms with Gasteiger partial charge in [0.25, 0.3) is 0 Å². The second-order valence-electron chi connectivity index (χ2n) is 6.32. The number of ether oxygens (including phenoxy) is 1. The van der Waals surface area contributed by atoms with E-state index in [1.165, 1.54) is 0 Å². The van der Waals surface area contributed by atoms with Crippen LogP contribution < -0.4 is 10.1 Å². The summed E-state index contributed by atoms with van der Waals surface area (Å²) < 4.78 is 23.0. The zero-order valence-electron chi connectivity index (χ0n) is 14.3. The van der Waals surface area contributed by atoms with Gasteiger partial charge >= 0.3 is 0 Å². The highest BCUT2D eigenvalue weighted by molar-refractivity contribution is 7.80. The van der Waals surface area contributed by atoms with Gasteiger partial charge < -0.3 is 15.0 Å². The lowest BCUT2D eigenvalue weighted by Crippen LogP contribution is -2.45. The van der Waals surface area contributed by atoms with Crippen LogP contribution in [-0.2, 0) is 15.3 Å². The van der Waals surface area contributed by atoms with Crippen LogP contribution in [0.5, 0.6) is 5.75 Å². The van der Waals surface area contributed by atoms with Gasteiger partial charge in [0.05, 0.1) is 11.5 Å². The largest absolute Gasteiger partial charge is 0.488 e. The summed E-state index contributed by atoms with van der Waals surface area (Å²) in [4.78, 5) is 3.13. The summed E-state index contributed by atoms with van der Waals surface area (Å²) in [6, 6.07) is 7.32. The van der Waals surface area contributed by atoms with Gasteiger partial charge in [-0.3, -0.25) is 4.18 Å². The lowest BCUT2D eigenvalue weighted by Gasteiger charge is -2.32. The van der Waals surface area contributed by atoms with E-state index in [4.69, 9.17) is 8.92 Å². The zero-order chi connectivity index (χ0) is 16.7. The minimum atomic E-state index is -1.39. The molecule has 0 aromatic heterocycles. The molecule has 130 valence electrons. The highest BCUT2D eigenvalue weighted by Gasteiger charge is 2.22. The summed E-state index contributed by atoms with van der Waals surface area (Å²) >= 11 is -1.39. The molecule has 2 rings (SSSR count). The Morgan fingerprint density at radius 2 is 1.87 bits per heavy atom. The standard InChI is InChI=1S/C17H28N2O3S/c1-4-21-23(20)16-7-5-15(6-8-16)22-17(2,3)9-12-19-13-10-18-11-14-19/h5-8,18H,4,9-14H2,1-3H3. The number of nitrogens with zero attached hydrogens (tertiary/aromatic N) is 1. The Morgan fingerprint density at radius 1 is 1.22 bits per heavy atom. The number of hydrogen-bond acceptors (Lipinski definition) is 5. The van der Waals surface area contributed by atoms with E-state index in [1.54, 1.807) is 12.1 Å². The van der Waals surface area contributed by atoms with E-state index in [2.05, 4.69) is 24.1 Å². The van der Waals surface area contributed by atoms with Crippen molar-refractivity contribution in [1.29, 1.82) is 0 Å². The molecule has 0 radical (unpaired) electrons. The number of nitrogens with one attached hydrogen (secondary N) is 1. The first-order valence-corrected chi connectivity index (χ1v) is 9.35.